The van der Waals surface area contributed by atoms with E-state index in [4.69, 9.17) is 4.74 Å². The van der Waals surface area contributed by atoms with E-state index in [2.05, 4.69) is 19.9 Å². The lowest BCUT2D eigenvalue weighted by Crippen LogP contribution is -2.24. The zero-order valence-electron chi connectivity index (χ0n) is 16.2. The number of aromatic hydroxyl groups is 2. The molecule has 0 atom stereocenters. The molecular weight excluding hydrogens is 328 g/mol. The summed E-state index contributed by atoms with van der Waals surface area (Å²) in [6.45, 7) is 8.11. The number of ketones is 1. The highest BCUT2D eigenvalue weighted by molar-refractivity contribution is 6.08. The van der Waals surface area contributed by atoms with Crippen LogP contribution in [-0.4, -0.2) is 23.1 Å². The minimum atomic E-state index is -0.215. The average Bonchev–Trinajstić information content (AvgIpc) is 2.58. The molecule has 0 saturated carbocycles. The van der Waals surface area contributed by atoms with Gasteiger partial charge in [-0.3, -0.25) is 4.79 Å². The molecule has 1 aromatic rings. The molecule has 26 heavy (non-hydrogen) atoms. The molecule has 1 aliphatic rings. The minimum Gasteiger partial charge on any atom is -0.508 e. The lowest BCUT2D eigenvalue weighted by atomic mass is 9.74. The van der Waals surface area contributed by atoms with Gasteiger partial charge in [-0.1, -0.05) is 31.1 Å². The van der Waals surface area contributed by atoms with E-state index >= 15 is 0 Å². The zero-order valence-corrected chi connectivity index (χ0v) is 16.2. The summed E-state index contributed by atoms with van der Waals surface area (Å²) in [5, 5.41) is 19.4. The molecule has 1 aromatic carbocycles. The fraction of sp³-hybridized carbons (Fsp3) is 0.409. The van der Waals surface area contributed by atoms with Crippen LogP contribution in [0.1, 0.15) is 46.1 Å². The van der Waals surface area contributed by atoms with Crippen LogP contribution in [0.3, 0.4) is 0 Å². The van der Waals surface area contributed by atoms with Gasteiger partial charge >= 0.3 is 0 Å². The maximum absolute atomic E-state index is 12.4. The number of allylic oxidation sites excluding steroid dienone is 5. The Hall–Kier alpha value is -2.49. The molecule has 0 saturated heterocycles. The third-order valence-corrected chi connectivity index (χ3v) is 5.01. The summed E-state index contributed by atoms with van der Waals surface area (Å²) in [6.07, 6.45) is 6.14. The highest BCUT2D eigenvalue weighted by Crippen LogP contribution is 2.40. The second-order valence-corrected chi connectivity index (χ2v) is 7.43. The van der Waals surface area contributed by atoms with Crippen LogP contribution in [0.2, 0.25) is 0 Å². The number of hydrogen-bond donors (Lipinski definition) is 2. The molecule has 2 rings (SSSR count). The molecule has 4 heteroatoms. The molecule has 0 heterocycles. The number of ether oxygens (including phenoxy) is 1. The molecule has 0 bridgehead atoms. The topological polar surface area (TPSA) is 66.8 Å². The Labute approximate surface area is 155 Å². The molecule has 4 nitrogen and oxygen atoms in total. The van der Waals surface area contributed by atoms with Gasteiger partial charge in [-0.25, -0.2) is 0 Å². The van der Waals surface area contributed by atoms with Gasteiger partial charge in [0.15, 0.2) is 5.76 Å². The van der Waals surface area contributed by atoms with Crippen LogP contribution in [0, 0.1) is 5.41 Å². The summed E-state index contributed by atoms with van der Waals surface area (Å²) < 4.78 is 5.21. The van der Waals surface area contributed by atoms with E-state index in [0.29, 0.717) is 17.7 Å². The molecule has 0 radical (unpaired) electrons. The van der Waals surface area contributed by atoms with Crippen molar-refractivity contribution in [2.24, 2.45) is 5.41 Å². The summed E-state index contributed by atoms with van der Waals surface area (Å²) in [6, 6.07) is 4.54. The molecule has 0 aliphatic heterocycles. The van der Waals surface area contributed by atoms with E-state index < -0.39 is 0 Å². The molecule has 0 spiro atoms. The lowest BCUT2D eigenvalue weighted by Gasteiger charge is -2.31. The monoisotopic (exact) mass is 356 g/mol. The summed E-state index contributed by atoms with van der Waals surface area (Å²) in [7, 11) is 1.53. The Kier molecular flexibility index (Phi) is 5.96. The van der Waals surface area contributed by atoms with Gasteiger partial charge in [-0.2, -0.15) is 0 Å². The van der Waals surface area contributed by atoms with Crippen LogP contribution in [0.25, 0.3) is 0 Å². The van der Waals surface area contributed by atoms with Crippen LogP contribution in [0.4, 0.5) is 0 Å². The second-order valence-electron chi connectivity index (χ2n) is 7.43. The quantitative estimate of drug-likeness (QED) is 0.566. The highest BCUT2D eigenvalue weighted by atomic mass is 16.5. The molecule has 0 amide bonds. The van der Waals surface area contributed by atoms with Gasteiger partial charge in [-0.15, -0.1) is 0 Å². The molecule has 0 unspecified atom stereocenters. The van der Waals surface area contributed by atoms with Crippen molar-refractivity contribution in [2.75, 3.05) is 7.11 Å². The normalized spacial score (nSPS) is 17.3. The predicted molar refractivity (Wildman–Crippen MR) is 103 cm³/mol. The number of carbonyl (C=O) groups is 1. The molecule has 0 aromatic heterocycles. The Bertz CT molecular complexity index is 794. The van der Waals surface area contributed by atoms with E-state index in [0.717, 1.165) is 24.0 Å². The largest absolute Gasteiger partial charge is 0.508 e. The fourth-order valence-electron chi connectivity index (χ4n) is 3.39. The number of carbonyl (C=O) groups excluding carboxylic acids is 1. The van der Waals surface area contributed by atoms with Gasteiger partial charge in [-0.05, 0) is 57.4 Å². The van der Waals surface area contributed by atoms with Crippen molar-refractivity contribution >= 4 is 5.78 Å². The Balaban J connectivity index is 2.08. The third-order valence-electron chi connectivity index (χ3n) is 5.01. The Morgan fingerprint density at radius 3 is 2.62 bits per heavy atom. The lowest BCUT2D eigenvalue weighted by molar-refractivity contribution is -0.115. The molecule has 0 fully saturated rings. The molecule has 1 aliphatic carbocycles. The summed E-state index contributed by atoms with van der Waals surface area (Å²) in [4.78, 5) is 12.4. The number of rotatable bonds is 6. The van der Waals surface area contributed by atoms with E-state index in [1.54, 1.807) is 6.07 Å². The summed E-state index contributed by atoms with van der Waals surface area (Å²) in [5.74, 6) is 0.713. The number of methoxy groups -OCH3 is 1. The van der Waals surface area contributed by atoms with Crippen LogP contribution >= 0.6 is 0 Å². The van der Waals surface area contributed by atoms with Gasteiger partial charge < -0.3 is 14.9 Å². The van der Waals surface area contributed by atoms with Crippen LogP contribution < -0.4 is 0 Å². The summed E-state index contributed by atoms with van der Waals surface area (Å²) in [5.41, 5.74) is 3.56. The van der Waals surface area contributed by atoms with Gasteiger partial charge in [0.2, 0.25) is 5.78 Å². The van der Waals surface area contributed by atoms with Gasteiger partial charge in [0.05, 0.1) is 7.11 Å². The van der Waals surface area contributed by atoms with Gasteiger partial charge in [0.1, 0.15) is 11.5 Å². The van der Waals surface area contributed by atoms with E-state index in [-0.39, 0.29) is 22.7 Å². The van der Waals surface area contributed by atoms with Crippen LogP contribution in [0.15, 0.2) is 52.8 Å². The first-order valence-corrected chi connectivity index (χ1v) is 8.84. The van der Waals surface area contributed by atoms with Crippen molar-refractivity contribution in [3.63, 3.8) is 0 Å². The standard InChI is InChI=1S/C22H28O4/c1-14(6-8-16-12-17(23)9-11-19(16)24)7-10-18-15(2)21(25)20(26-5)13-22(18,3)4/h6,9,11-13,23-24H,7-8,10H2,1-5H3/b14-6+. The van der Waals surface area contributed by atoms with Gasteiger partial charge in [0.25, 0.3) is 0 Å². The SMILES string of the molecule is COC1=CC(C)(C)C(CC/C(C)=C/Cc2cc(O)ccc2O)=C(C)C1=O. The van der Waals surface area contributed by atoms with Gasteiger partial charge in [0, 0.05) is 16.6 Å². The van der Waals surface area contributed by atoms with Crippen molar-refractivity contribution in [2.45, 2.75) is 47.0 Å². The zero-order chi connectivity index (χ0) is 19.5. The fourth-order valence-corrected chi connectivity index (χ4v) is 3.39. The molecule has 140 valence electrons. The number of phenols is 2. The molecule has 2 N–H and O–H groups in total. The van der Waals surface area contributed by atoms with Crippen molar-refractivity contribution < 1.29 is 19.7 Å². The van der Waals surface area contributed by atoms with Crippen molar-refractivity contribution in [3.05, 3.63) is 58.4 Å². The first-order valence-electron chi connectivity index (χ1n) is 8.84. The number of benzene rings is 1. The van der Waals surface area contributed by atoms with Crippen molar-refractivity contribution in [3.8, 4) is 11.5 Å². The predicted octanol–water partition coefficient (Wildman–Crippen LogP) is 4.82. The smallest absolute Gasteiger partial charge is 0.222 e. The van der Waals surface area contributed by atoms with Crippen molar-refractivity contribution in [1.82, 2.24) is 0 Å². The second kappa shape index (κ2) is 7.81. The maximum atomic E-state index is 12.4. The summed E-state index contributed by atoms with van der Waals surface area (Å²) >= 11 is 0. The Morgan fingerprint density at radius 2 is 1.96 bits per heavy atom. The third kappa shape index (κ3) is 4.37. The maximum Gasteiger partial charge on any atom is 0.222 e. The number of phenolic OH excluding ortho intramolecular Hbond substituents is 2. The number of Topliss-reactive ketones (excluding diaryl/α,β-unsaturated/α-hetero) is 1. The van der Waals surface area contributed by atoms with Crippen LogP contribution in [0.5, 0.6) is 11.5 Å². The van der Waals surface area contributed by atoms with E-state index in [1.165, 1.54) is 24.8 Å². The average molecular weight is 356 g/mol. The first kappa shape index (κ1) is 19.8. The van der Waals surface area contributed by atoms with Crippen LogP contribution in [-0.2, 0) is 16.0 Å². The highest BCUT2D eigenvalue weighted by Gasteiger charge is 2.32. The minimum absolute atomic E-state index is 0.0341. The number of hydrogen-bond acceptors (Lipinski definition) is 4. The van der Waals surface area contributed by atoms with E-state index in [9.17, 15) is 15.0 Å². The molecular formula is C22H28O4. The van der Waals surface area contributed by atoms with E-state index in [1.807, 2.05) is 19.9 Å². The van der Waals surface area contributed by atoms with Crippen molar-refractivity contribution in [1.29, 1.82) is 0 Å². The Morgan fingerprint density at radius 1 is 1.27 bits per heavy atom. The first-order chi connectivity index (χ1) is 12.2.